The number of fused-ring (bicyclic) bond motifs is 10. The van der Waals surface area contributed by atoms with Gasteiger partial charge >= 0.3 is 0 Å². The molecule has 0 fully saturated rings. The van der Waals surface area contributed by atoms with Crippen LogP contribution >= 0.6 is 0 Å². The zero-order chi connectivity index (χ0) is 32.8. The highest BCUT2D eigenvalue weighted by molar-refractivity contribution is 6.23. The van der Waals surface area contributed by atoms with Gasteiger partial charge in [0, 0.05) is 16.2 Å². The summed E-state index contributed by atoms with van der Waals surface area (Å²) in [5.74, 6) is 0. The predicted octanol–water partition coefficient (Wildman–Crippen LogP) is 13.9. The summed E-state index contributed by atoms with van der Waals surface area (Å²) in [4.78, 5) is 0. The van der Waals surface area contributed by atoms with E-state index in [9.17, 15) is 0 Å². The zero-order valence-corrected chi connectivity index (χ0v) is 27.0. The highest BCUT2D eigenvalue weighted by Gasteiger charge is 2.18. The molecule has 0 saturated carbocycles. The van der Waals surface area contributed by atoms with Crippen molar-refractivity contribution in [1.29, 1.82) is 0 Å². The molecule has 0 aliphatic rings. The van der Waals surface area contributed by atoms with Gasteiger partial charge in [0.05, 0.1) is 5.39 Å². The predicted molar refractivity (Wildman–Crippen MR) is 210 cm³/mol. The fraction of sp³-hybridized carbons (Fsp3) is 0. The highest BCUT2D eigenvalue weighted by atomic mass is 16.3. The summed E-state index contributed by atoms with van der Waals surface area (Å²) in [5.41, 5.74) is 10.8. The van der Waals surface area contributed by atoms with Crippen molar-refractivity contribution in [2.24, 2.45) is 0 Å². The molecule has 2 heteroatoms. The summed E-state index contributed by atoms with van der Waals surface area (Å²) < 4.78 is 12.7. The minimum Gasteiger partial charge on any atom is -0.456 e. The van der Waals surface area contributed by atoms with Crippen LogP contribution in [0.25, 0.3) is 110 Å². The Morgan fingerprint density at radius 1 is 0.280 bits per heavy atom. The molecule has 0 atom stereocenters. The molecule has 0 saturated heterocycles. The van der Waals surface area contributed by atoms with Crippen molar-refractivity contribution >= 4 is 76.2 Å². The summed E-state index contributed by atoms with van der Waals surface area (Å²) in [6.07, 6.45) is 0. The van der Waals surface area contributed by atoms with Gasteiger partial charge in [-0.05, 0) is 108 Å². The molecule has 2 nitrogen and oxygen atoms in total. The van der Waals surface area contributed by atoms with E-state index >= 15 is 0 Å². The standard InChI is InChI=1S/C48H28O2/c1-2-10-29(11-3-1)45-36-13-4-6-15-38(36)46(39-16-7-5-14-37(39)45)34-21-20-30-26-31(18-19-32(30)27-34)33-22-24-43-41(28-33)47-44(49-43)25-23-40-35-12-8-9-17-42(35)50-48(40)47/h1-28H. The molecule has 2 aromatic heterocycles. The van der Waals surface area contributed by atoms with Crippen LogP contribution in [0, 0.1) is 0 Å². The van der Waals surface area contributed by atoms with E-state index in [1.807, 2.05) is 12.1 Å². The first kappa shape index (κ1) is 27.3. The van der Waals surface area contributed by atoms with Crippen molar-refractivity contribution < 1.29 is 8.83 Å². The third-order valence-electron chi connectivity index (χ3n) is 10.4. The second-order valence-corrected chi connectivity index (χ2v) is 13.2. The van der Waals surface area contributed by atoms with E-state index < -0.39 is 0 Å². The average molecular weight is 637 g/mol. The van der Waals surface area contributed by atoms with Gasteiger partial charge in [0.1, 0.15) is 22.3 Å². The molecular weight excluding hydrogens is 609 g/mol. The normalized spacial score (nSPS) is 12.0. The SMILES string of the molecule is c1ccc(-c2c3ccccc3c(-c3ccc4cc(-c5ccc6oc7ccc8c9ccccc9oc8c7c6c5)ccc4c3)c3ccccc23)cc1. The molecule has 0 N–H and O–H groups in total. The number of hydrogen-bond donors (Lipinski definition) is 0. The lowest BCUT2D eigenvalue weighted by molar-refractivity contribution is 0.663. The Balaban J connectivity index is 1.06. The molecule has 0 unspecified atom stereocenters. The lowest BCUT2D eigenvalue weighted by atomic mass is 9.85. The average Bonchev–Trinajstić information content (AvgIpc) is 3.75. The lowest BCUT2D eigenvalue weighted by Gasteiger charge is -2.18. The molecule has 0 spiro atoms. The fourth-order valence-electron chi connectivity index (χ4n) is 8.16. The van der Waals surface area contributed by atoms with Gasteiger partial charge in [0.15, 0.2) is 0 Å². The lowest BCUT2D eigenvalue weighted by Crippen LogP contribution is -1.90. The zero-order valence-electron chi connectivity index (χ0n) is 27.0. The molecule has 0 amide bonds. The first-order valence-electron chi connectivity index (χ1n) is 17.1. The third-order valence-corrected chi connectivity index (χ3v) is 10.4. The Hall–Kier alpha value is -6.64. The summed E-state index contributed by atoms with van der Waals surface area (Å²) in [7, 11) is 0. The maximum Gasteiger partial charge on any atom is 0.147 e. The quantitative estimate of drug-likeness (QED) is 0.180. The molecule has 9 aromatic carbocycles. The minimum atomic E-state index is 0.839. The maximum atomic E-state index is 6.41. The molecule has 50 heavy (non-hydrogen) atoms. The van der Waals surface area contributed by atoms with E-state index in [1.54, 1.807) is 0 Å². The van der Waals surface area contributed by atoms with Gasteiger partial charge in [-0.1, -0.05) is 127 Å². The summed E-state index contributed by atoms with van der Waals surface area (Å²) in [6, 6.07) is 61.0. The number of benzene rings is 9. The van der Waals surface area contributed by atoms with Crippen LogP contribution in [0.4, 0.5) is 0 Å². The van der Waals surface area contributed by atoms with Gasteiger partial charge in [-0.25, -0.2) is 0 Å². The van der Waals surface area contributed by atoms with Crippen LogP contribution in [0.3, 0.4) is 0 Å². The smallest absolute Gasteiger partial charge is 0.147 e. The van der Waals surface area contributed by atoms with E-state index in [4.69, 9.17) is 8.83 Å². The van der Waals surface area contributed by atoms with Crippen molar-refractivity contribution in [1.82, 2.24) is 0 Å². The van der Waals surface area contributed by atoms with Crippen molar-refractivity contribution in [3.63, 3.8) is 0 Å². The second-order valence-electron chi connectivity index (χ2n) is 13.2. The Morgan fingerprint density at radius 3 is 1.52 bits per heavy atom. The van der Waals surface area contributed by atoms with Crippen molar-refractivity contribution in [2.45, 2.75) is 0 Å². The van der Waals surface area contributed by atoms with Crippen LogP contribution in [0.2, 0.25) is 0 Å². The fourth-order valence-corrected chi connectivity index (χ4v) is 8.16. The van der Waals surface area contributed by atoms with Crippen LogP contribution in [-0.2, 0) is 0 Å². The second kappa shape index (κ2) is 10.4. The largest absolute Gasteiger partial charge is 0.456 e. The van der Waals surface area contributed by atoms with Gasteiger partial charge < -0.3 is 8.83 Å². The van der Waals surface area contributed by atoms with Crippen LogP contribution < -0.4 is 0 Å². The molecule has 0 radical (unpaired) electrons. The molecule has 0 aliphatic heterocycles. The van der Waals surface area contributed by atoms with E-state index in [0.29, 0.717) is 0 Å². The van der Waals surface area contributed by atoms with Gasteiger partial charge in [-0.2, -0.15) is 0 Å². The molecule has 11 rings (SSSR count). The van der Waals surface area contributed by atoms with Crippen molar-refractivity contribution in [3.05, 3.63) is 170 Å². The number of furan rings is 2. The van der Waals surface area contributed by atoms with Gasteiger partial charge in [0.2, 0.25) is 0 Å². The molecule has 0 aliphatic carbocycles. The molecule has 2 heterocycles. The number of para-hydroxylation sites is 1. The molecular formula is C48H28O2. The monoisotopic (exact) mass is 636 g/mol. The Labute approximate surface area is 287 Å². The Kier molecular flexibility index (Phi) is 5.70. The molecule has 11 aromatic rings. The Morgan fingerprint density at radius 2 is 0.800 bits per heavy atom. The van der Waals surface area contributed by atoms with Gasteiger partial charge in [-0.3, -0.25) is 0 Å². The minimum absolute atomic E-state index is 0.839. The summed E-state index contributed by atoms with van der Waals surface area (Å²) in [6.45, 7) is 0. The van der Waals surface area contributed by atoms with E-state index in [0.717, 1.165) is 49.4 Å². The number of rotatable bonds is 3. The van der Waals surface area contributed by atoms with Crippen LogP contribution in [0.5, 0.6) is 0 Å². The third kappa shape index (κ3) is 3.96. The van der Waals surface area contributed by atoms with Crippen molar-refractivity contribution in [2.75, 3.05) is 0 Å². The highest BCUT2D eigenvalue weighted by Crippen LogP contribution is 2.45. The van der Waals surface area contributed by atoms with E-state index in [-0.39, 0.29) is 0 Å². The Bertz CT molecular complexity index is 3080. The van der Waals surface area contributed by atoms with Crippen LogP contribution in [0.15, 0.2) is 179 Å². The van der Waals surface area contributed by atoms with Gasteiger partial charge in [0.25, 0.3) is 0 Å². The van der Waals surface area contributed by atoms with Crippen LogP contribution in [-0.4, -0.2) is 0 Å². The van der Waals surface area contributed by atoms with Crippen molar-refractivity contribution in [3.8, 4) is 33.4 Å². The summed E-state index contributed by atoms with van der Waals surface area (Å²) in [5, 5.41) is 11.8. The summed E-state index contributed by atoms with van der Waals surface area (Å²) >= 11 is 0. The maximum absolute atomic E-state index is 6.41. The van der Waals surface area contributed by atoms with Gasteiger partial charge in [-0.15, -0.1) is 0 Å². The van der Waals surface area contributed by atoms with E-state index in [1.165, 1.54) is 60.1 Å². The molecule has 0 bridgehead atoms. The van der Waals surface area contributed by atoms with E-state index in [2.05, 4.69) is 158 Å². The molecule has 232 valence electrons. The first-order valence-corrected chi connectivity index (χ1v) is 17.1. The topological polar surface area (TPSA) is 26.3 Å². The first-order chi connectivity index (χ1) is 24.8. The number of hydrogen-bond acceptors (Lipinski definition) is 2. The van der Waals surface area contributed by atoms with Crippen LogP contribution in [0.1, 0.15) is 0 Å².